The molecule has 25 heavy (non-hydrogen) atoms. The van der Waals surface area contributed by atoms with Gasteiger partial charge in [-0.25, -0.2) is 4.99 Å². The summed E-state index contributed by atoms with van der Waals surface area (Å²) in [6.45, 7) is 6.72. The summed E-state index contributed by atoms with van der Waals surface area (Å²) in [5.41, 5.74) is 1.09. The molecule has 1 aliphatic rings. The monoisotopic (exact) mass is 348 g/mol. The Bertz CT molecular complexity index is 528. The maximum atomic E-state index is 5.91. The highest BCUT2D eigenvalue weighted by atomic mass is 16.5. The second kappa shape index (κ2) is 10.9. The van der Waals surface area contributed by atoms with Crippen LogP contribution >= 0.6 is 0 Å². The van der Waals surface area contributed by atoms with Gasteiger partial charge in [-0.05, 0) is 39.9 Å². The first-order valence-electron chi connectivity index (χ1n) is 9.18. The van der Waals surface area contributed by atoms with Gasteiger partial charge in [-0.3, -0.25) is 0 Å². The Balaban J connectivity index is 1.91. The first-order valence-corrected chi connectivity index (χ1v) is 9.18. The van der Waals surface area contributed by atoms with E-state index in [0.29, 0.717) is 19.3 Å². The SMILES string of the molecule is CCNC(=NCc1ccccc1OCCN(C)C)NCC1CCCO1. The maximum Gasteiger partial charge on any atom is 0.191 e. The standard InChI is InChI=1S/C19H32N4O2/c1-4-20-19(22-15-17-9-7-12-24-17)21-14-16-8-5-6-10-18(16)25-13-11-23(2)3/h5-6,8,10,17H,4,7,9,11-15H2,1-3H3,(H2,20,21,22). The zero-order valence-corrected chi connectivity index (χ0v) is 15.8. The number of nitrogens with zero attached hydrogens (tertiary/aromatic N) is 2. The van der Waals surface area contributed by atoms with Crippen LogP contribution in [0, 0.1) is 0 Å². The van der Waals surface area contributed by atoms with Crippen LogP contribution < -0.4 is 15.4 Å². The fraction of sp³-hybridized carbons (Fsp3) is 0.632. The first kappa shape index (κ1) is 19.5. The molecule has 0 spiro atoms. The number of benzene rings is 1. The lowest BCUT2D eigenvalue weighted by atomic mass is 10.2. The number of para-hydroxylation sites is 1. The predicted molar refractivity (Wildman–Crippen MR) is 102 cm³/mol. The molecule has 0 amide bonds. The summed E-state index contributed by atoms with van der Waals surface area (Å²) in [5.74, 6) is 1.73. The van der Waals surface area contributed by atoms with Gasteiger partial charge in [0.1, 0.15) is 12.4 Å². The minimum atomic E-state index is 0.297. The number of ether oxygens (including phenoxy) is 2. The lowest BCUT2D eigenvalue weighted by Crippen LogP contribution is -2.41. The largest absolute Gasteiger partial charge is 0.492 e. The van der Waals surface area contributed by atoms with E-state index in [1.807, 2.05) is 32.3 Å². The highest BCUT2D eigenvalue weighted by Crippen LogP contribution is 2.18. The van der Waals surface area contributed by atoms with Crippen molar-refractivity contribution in [2.75, 3.05) is 46.9 Å². The molecule has 2 rings (SSSR count). The maximum absolute atomic E-state index is 5.91. The summed E-state index contributed by atoms with van der Waals surface area (Å²) < 4.78 is 11.6. The normalized spacial score (nSPS) is 17.8. The van der Waals surface area contributed by atoms with Gasteiger partial charge >= 0.3 is 0 Å². The van der Waals surface area contributed by atoms with Gasteiger partial charge in [-0.1, -0.05) is 18.2 Å². The average molecular weight is 348 g/mol. The summed E-state index contributed by atoms with van der Waals surface area (Å²) in [4.78, 5) is 6.81. The van der Waals surface area contributed by atoms with Crippen LogP contribution in [0.25, 0.3) is 0 Å². The van der Waals surface area contributed by atoms with E-state index in [0.717, 1.165) is 56.4 Å². The van der Waals surface area contributed by atoms with Crippen LogP contribution in [0.3, 0.4) is 0 Å². The fourth-order valence-corrected chi connectivity index (χ4v) is 2.64. The number of hydrogen-bond acceptors (Lipinski definition) is 4. The quantitative estimate of drug-likeness (QED) is 0.527. The van der Waals surface area contributed by atoms with Gasteiger partial charge in [0.25, 0.3) is 0 Å². The minimum Gasteiger partial charge on any atom is -0.492 e. The number of likely N-dealkylation sites (N-methyl/N-ethyl adjacent to an activating group) is 1. The molecular formula is C19H32N4O2. The molecule has 0 aliphatic carbocycles. The molecule has 1 heterocycles. The molecule has 140 valence electrons. The predicted octanol–water partition coefficient (Wildman–Crippen LogP) is 1.86. The Labute approximate surface area is 151 Å². The lowest BCUT2D eigenvalue weighted by molar-refractivity contribution is 0.114. The smallest absolute Gasteiger partial charge is 0.191 e. The second-order valence-corrected chi connectivity index (χ2v) is 6.47. The fourth-order valence-electron chi connectivity index (χ4n) is 2.64. The van der Waals surface area contributed by atoms with Gasteiger partial charge in [-0.15, -0.1) is 0 Å². The average Bonchev–Trinajstić information content (AvgIpc) is 3.11. The zero-order chi connectivity index (χ0) is 17.9. The zero-order valence-electron chi connectivity index (χ0n) is 15.8. The van der Waals surface area contributed by atoms with Gasteiger partial charge in [0, 0.05) is 31.8 Å². The highest BCUT2D eigenvalue weighted by Gasteiger charge is 2.15. The van der Waals surface area contributed by atoms with Crippen molar-refractivity contribution >= 4 is 5.96 Å². The van der Waals surface area contributed by atoms with E-state index in [-0.39, 0.29) is 0 Å². The molecular weight excluding hydrogens is 316 g/mol. The van der Waals surface area contributed by atoms with Crippen molar-refractivity contribution in [1.82, 2.24) is 15.5 Å². The molecule has 1 aromatic rings. The van der Waals surface area contributed by atoms with Crippen molar-refractivity contribution < 1.29 is 9.47 Å². The summed E-state index contributed by atoms with van der Waals surface area (Å²) in [6, 6.07) is 8.10. The molecule has 1 saturated heterocycles. The number of guanidine groups is 1. The number of rotatable bonds is 9. The minimum absolute atomic E-state index is 0.297. The summed E-state index contributed by atoms with van der Waals surface area (Å²) >= 11 is 0. The Morgan fingerprint density at radius 2 is 2.16 bits per heavy atom. The van der Waals surface area contributed by atoms with Gasteiger partial charge in [0.05, 0.1) is 12.6 Å². The van der Waals surface area contributed by atoms with Crippen LogP contribution in [-0.4, -0.2) is 63.9 Å². The number of nitrogens with one attached hydrogen (secondary N) is 2. The molecule has 6 nitrogen and oxygen atoms in total. The third-order valence-corrected chi connectivity index (χ3v) is 4.04. The number of hydrogen-bond donors (Lipinski definition) is 2. The molecule has 1 aromatic carbocycles. The molecule has 1 atom stereocenters. The van der Waals surface area contributed by atoms with Crippen molar-refractivity contribution in [3.05, 3.63) is 29.8 Å². The molecule has 1 aliphatic heterocycles. The molecule has 0 bridgehead atoms. The van der Waals surface area contributed by atoms with Crippen LogP contribution in [0.2, 0.25) is 0 Å². The Morgan fingerprint density at radius 3 is 2.88 bits per heavy atom. The first-order chi connectivity index (χ1) is 12.2. The van der Waals surface area contributed by atoms with Crippen LogP contribution in [0.4, 0.5) is 0 Å². The van der Waals surface area contributed by atoms with Crippen LogP contribution in [0.15, 0.2) is 29.3 Å². The molecule has 0 saturated carbocycles. The van der Waals surface area contributed by atoms with E-state index in [1.54, 1.807) is 0 Å². The van der Waals surface area contributed by atoms with Gasteiger partial charge in [0.2, 0.25) is 0 Å². The van der Waals surface area contributed by atoms with E-state index in [1.165, 1.54) is 0 Å². The van der Waals surface area contributed by atoms with E-state index < -0.39 is 0 Å². The summed E-state index contributed by atoms with van der Waals surface area (Å²) in [7, 11) is 4.09. The van der Waals surface area contributed by atoms with Crippen LogP contribution in [0.1, 0.15) is 25.3 Å². The van der Waals surface area contributed by atoms with E-state index >= 15 is 0 Å². The summed E-state index contributed by atoms with van der Waals surface area (Å²) in [6.07, 6.45) is 2.57. The molecule has 1 fully saturated rings. The summed E-state index contributed by atoms with van der Waals surface area (Å²) in [5, 5.41) is 6.67. The van der Waals surface area contributed by atoms with Crippen molar-refractivity contribution in [3.63, 3.8) is 0 Å². The third kappa shape index (κ3) is 7.32. The highest BCUT2D eigenvalue weighted by molar-refractivity contribution is 5.79. The van der Waals surface area contributed by atoms with E-state index in [9.17, 15) is 0 Å². The van der Waals surface area contributed by atoms with Crippen molar-refractivity contribution in [1.29, 1.82) is 0 Å². The topological polar surface area (TPSA) is 58.1 Å². The van der Waals surface area contributed by atoms with Crippen LogP contribution in [0.5, 0.6) is 5.75 Å². The molecule has 6 heteroatoms. The molecule has 0 aromatic heterocycles. The second-order valence-electron chi connectivity index (χ2n) is 6.47. The molecule has 1 unspecified atom stereocenters. The van der Waals surface area contributed by atoms with Gasteiger partial charge in [0.15, 0.2) is 5.96 Å². The van der Waals surface area contributed by atoms with Crippen molar-refractivity contribution in [2.24, 2.45) is 4.99 Å². The van der Waals surface area contributed by atoms with Crippen LogP contribution in [-0.2, 0) is 11.3 Å². The lowest BCUT2D eigenvalue weighted by Gasteiger charge is -2.16. The van der Waals surface area contributed by atoms with E-state index in [4.69, 9.17) is 14.5 Å². The number of aliphatic imine (C=N–C) groups is 1. The Hall–Kier alpha value is -1.79. The Kier molecular flexibility index (Phi) is 8.55. The molecule has 0 radical (unpaired) electrons. The third-order valence-electron chi connectivity index (χ3n) is 4.04. The van der Waals surface area contributed by atoms with Crippen molar-refractivity contribution in [3.8, 4) is 5.75 Å². The molecule has 2 N–H and O–H groups in total. The van der Waals surface area contributed by atoms with Crippen molar-refractivity contribution in [2.45, 2.75) is 32.4 Å². The Morgan fingerprint density at radius 1 is 1.32 bits per heavy atom. The van der Waals surface area contributed by atoms with E-state index in [2.05, 4.69) is 28.5 Å². The van der Waals surface area contributed by atoms with Gasteiger partial charge < -0.3 is 25.0 Å². The van der Waals surface area contributed by atoms with Gasteiger partial charge in [-0.2, -0.15) is 0 Å².